The van der Waals surface area contributed by atoms with E-state index < -0.39 is 0 Å². The van der Waals surface area contributed by atoms with Crippen LogP contribution >= 0.6 is 0 Å². The van der Waals surface area contributed by atoms with Gasteiger partial charge in [0.15, 0.2) is 12.4 Å². The molecule has 0 saturated carbocycles. The third kappa shape index (κ3) is 4.95. The first-order chi connectivity index (χ1) is 11.3. The van der Waals surface area contributed by atoms with Gasteiger partial charge in [0.05, 0.1) is 0 Å². The number of carbonyl (C=O) groups excluding carboxylic acids is 2. The summed E-state index contributed by atoms with van der Waals surface area (Å²) < 4.78 is 5.57. The molecule has 24 heavy (non-hydrogen) atoms. The van der Waals surface area contributed by atoms with Crippen LogP contribution in [0, 0.1) is 0 Å². The molecule has 0 aliphatic carbocycles. The van der Waals surface area contributed by atoms with Crippen LogP contribution in [0.3, 0.4) is 0 Å². The fourth-order valence-electron chi connectivity index (χ4n) is 2.19. The van der Waals surface area contributed by atoms with E-state index in [1.54, 1.807) is 24.3 Å². The quantitative estimate of drug-likeness (QED) is 0.838. The average molecular weight is 325 g/mol. The first-order valence-electron chi connectivity index (χ1n) is 7.90. The van der Waals surface area contributed by atoms with Crippen molar-refractivity contribution in [1.29, 1.82) is 0 Å². The lowest BCUT2D eigenvalue weighted by Crippen LogP contribution is -2.20. The molecule has 4 heteroatoms. The first kappa shape index (κ1) is 17.7. The van der Waals surface area contributed by atoms with E-state index in [1.807, 2.05) is 24.3 Å². The van der Waals surface area contributed by atoms with Gasteiger partial charge in [-0.25, -0.2) is 0 Å². The molecule has 1 amide bonds. The highest BCUT2D eigenvalue weighted by Crippen LogP contribution is 2.25. The highest BCUT2D eigenvalue weighted by Gasteiger charge is 2.14. The molecule has 0 spiro atoms. The van der Waals surface area contributed by atoms with E-state index >= 15 is 0 Å². The molecular weight excluding hydrogens is 302 g/mol. The summed E-state index contributed by atoms with van der Waals surface area (Å²) >= 11 is 0. The minimum Gasteiger partial charge on any atom is -0.484 e. The van der Waals surface area contributed by atoms with Crippen molar-refractivity contribution in [3.05, 3.63) is 59.7 Å². The van der Waals surface area contributed by atoms with Crippen LogP contribution in [0.15, 0.2) is 48.5 Å². The number of amides is 1. The predicted molar refractivity (Wildman–Crippen MR) is 95.7 cm³/mol. The molecule has 0 aliphatic rings. The smallest absolute Gasteiger partial charge is 0.262 e. The van der Waals surface area contributed by atoms with Crippen LogP contribution in [-0.2, 0) is 10.2 Å². The SMILES string of the molecule is CC(=O)c1ccc(NC(=O)COc2cccc(C(C)(C)C)c2)cc1. The lowest BCUT2D eigenvalue weighted by Gasteiger charge is -2.19. The maximum Gasteiger partial charge on any atom is 0.262 e. The number of nitrogens with one attached hydrogen (secondary N) is 1. The highest BCUT2D eigenvalue weighted by molar-refractivity contribution is 5.95. The van der Waals surface area contributed by atoms with E-state index in [0.717, 1.165) is 5.56 Å². The number of ether oxygens (including phenoxy) is 1. The second kappa shape index (κ2) is 7.30. The third-order valence-electron chi connectivity index (χ3n) is 3.65. The zero-order valence-electron chi connectivity index (χ0n) is 14.6. The van der Waals surface area contributed by atoms with Gasteiger partial charge in [-0.1, -0.05) is 32.9 Å². The molecule has 2 rings (SSSR count). The molecule has 0 saturated heterocycles. The van der Waals surface area contributed by atoms with E-state index in [0.29, 0.717) is 17.0 Å². The minimum atomic E-state index is -0.244. The summed E-state index contributed by atoms with van der Waals surface area (Å²) in [4.78, 5) is 23.2. The summed E-state index contributed by atoms with van der Waals surface area (Å²) in [6.45, 7) is 7.83. The summed E-state index contributed by atoms with van der Waals surface area (Å²) in [5.74, 6) is 0.422. The van der Waals surface area contributed by atoms with E-state index in [-0.39, 0.29) is 23.7 Å². The molecular formula is C20H23NO3. The van der Waals surface area contributed by atoms with Gasteiger partial charge in [0.25, 0.3) is 5.91 Å². The van der Waals surface area contributed by atoms with E-state index in [1.165, 1.54) is 6.92 Å². The monoisotopic (exact) mass is 325 g/mol. The summed E-state index contributed by atoms with van der Waals surface area (Å²) in [5.41, 5.74) is 2.43. The van der Waals surface area contributed by atoms with E-state index in [9.17, 15) is 9.59 Å². The first-order valence-corrected chi connectivity index (χ1v) is 7.90. The largest absolute Gasteiger partial charge is 0.484 e. The van der Waals surface area contributed by atoms with Crippen LogP contribution in [0.5, 0.6) is 5.75 Å². The molecule has 1 N–H and O–H groups in total. The molecule has 2 aromatic carbocycles. The van der Waals surface area contributed by atoms with Gasteiger partial charge in [-0.15, -0.1) is 0 Å². The number of rotatable bonds is 5. The zero-order valence-corrected chi connectivity index (χ0v) is 14.6. The minimum absolute atomic E-state index is 0.00469. The van der Waals surface area contributed by atoms with E-state index in [4.69, 9.17) is 4.74 Å². The van der Waals surface area contributed by atoms with Crippen molar-refractivity contribution < 1.29 is 14.3 Å². The Morgan fingerprint density at radius 2 is 1.71 bits per heavy atom. The van der Waals surface area contributed by atoms with Crippen LogP contribution < -0.4 is 10.1 Å². The van der Waals surface area contributed by atoms with Gasteiger partial charge in [-0.05, 0) is 54.3 Å². The lowest BCUT2D eigenvalue weighted by molar-refractivity contribution is -0.118. The topological polar surface area (TPSA) is 55.4 Å². The average Bonchev–Trinajstić information content (AvgIpc) is 2.53. The van der Waals surface area contributed by atoms with Crippen molar-refractivity contribution in [2.24, 2.45) is 0 Å². The summed E-state index contributed by atoms with van der Waals surface area (Å²) in [6.07, 6.45) is 0. The molecule has 0 atom stereocenters. The van der Waals surface area contributed by atoms with Crippen molar-refractivity contribution in [2.75, 3.05) is 11.9 Å². The summed E-state index contributed by atoms with van der Waals surface area (Å²) in [5, 5.41) is 2.75. The van der Waals surface area contributed by atoms with Crippen LogP contribution in [-0.4, -0.2) is 18.3 Å². The van der Waals surface area contributed by atoms with Crippen LogP contribution in [0.25, 0.3) is 0 Å². The number of ketones is 1. The molecule has 126 valence electrons. The third-order valence-corrected chi connectivity index (χ3v) is 3.65. The number of carbonyl (C=O) groups is 2. The fourth-order valence-corrected chi connectivity index (χ4v) is 2.19. The molecule has 0 unspecified atom stereocenters. The fraction of sp³-hybridized carbons (Fsp3) is 0.300. The highest BCUT2D eigenvalue weighted by atomic mass is 16.5. The Morgan fingerprint density at radius 1 is 1.04 bits per heavy atom. The standard InChI is InChI=1S/C20H23NO3/c1-14(22)15-8-10-17(11-9-15)21-19(23)13-24-18-7-5-6-16(12-18)20(2,3)4/h5-12H,13H2,1-4H3,(H,21,23). The van der Waals surface area contributed by atoms with Crippen molar-refractivity contribution in [1.82, 2.24) is 0 Å². The van der Waals surface area contributed by atoms with Crippen LogP contribution in [0.4, 0.5) is 5.69 Å². The van der Waals surface area contributed by atoms with Gasteiger partial charge in [-0.3, -0.25) is 9.59 Å². The molecule has 0 aromatic heterocycles. The summed E-state index contributed by atoms with van der Waals surface area (Å²) in [7, 11) is 0. The van der Waals surface area contributed by atoms with Crippen LogP contribution in [0.2, 0.25) is 0 Å². The number of hydrogen-bond acceptors (Lipinski definition) is 3. The zero-order chi connectivity index (χ0) is 17.7. The molecule has 0 fully saturated rings. The van der Waals surface area contributed by atoms with Crippen molar-refractivity contribution in [3.8, 4) is 5.75 Å². The number of benzene rings is 2. The Bertz CT molecular complexity index is 727. The number of anilines is 1. The van der Waals surface area contributed by atoms with Gasteiger partial charge < -0.3 is 10.1 Å². The Balaban J connectivity index is 1.92. The molecule has 0 aliphatic heterocycles. The Hall–Kier alpha value is -2.62. The normalized spacial score (nSPS) is 11.0. The van der Waals surface area contributed by atoms with Gasteiger partial charge in [0.2, 0.25) is 0 Å². The summed E-state index contributed by atoms with van der Waals surface area (Å²) in [6, 6.07) is 14.5. The maximum atomic E-state index is 12.0. The number of Topliss-reactive ketones (excluding diaryl/α,β-unsaturated/α-hetero) is 1. The van der Waals surface area contributed by atoms with Gasteiger partial charge in [-0.2, -0.15) is 0 Å². The van der Waals surface area contributed by atoms with Crippen molar-refractivity contribution in [3.63, 3.8) is 0 Å². The number of hydrogen-bond donors (Lipinski definition) is 1. The van der Waals surface area contributed by atoms with Gasteiger partial charge in [0.1, 0.15) is 5.75 Å². The predicted octanol–water partition coefficient (Wildman–Crippen LogP) is 4.20. The Labute approximate surface area is 142 Å². The molecule has 4 nitrogen and oxygen atoms in total. The van der Waals surface area contributed by atoms with Crippen molar-refractivity contribution in [2.45, 2.75) is 33.1 Å². The molecule has 0 radical (unpaired) electrons. The second-order valence-corrected chi connectivity index (χ2v) is 6.75. The molecule has 0 heterocycles. The van der Waals surface area contributed by atoms with Gasteiger partial charge in [0, 0.05) is 11.3 Å². The second-order valence-electron chi connectivity index (χ2n) is 6.75. The van der Waals surface area contributed by atoms with E-state index in [2.05, 4.69) is 26.1 Å². The molecule has 2 aromatic rings. The Morgan fingerprint density at radius 3 is 2.29 bits per heavy atom. The maximum absolute atomic E-state index is 12.0. The van der Waals surface area contributed by atoms with Crippen molar-refractivity contribution >= 4 is 17.4 Å². The Kier molecular flexibility index (Phi) is 5.39. The molecule has 0 bridgehead atoms. The van der Waals surface area contributed by atoms with Crippen LogP contribution in [0.1, 0.15) is 43.6 Å². The van der Waals surface area contributed by atoms with Gasteiger partial charge >= 0.3 is 0 Å². The lowest BCUT2D eigenvalue weighted by atomic mass is 9.87.